The molecule has 1 aromatic carbocycles. The Hall–Kier alpha value is -1.34. The molecule has 20 heavy (non-hydrogen) atoms. The summed E-state index contributed by atoms with van der Waals surface area (Å²) in [6.07, 6.45) is -2.36. The van der Waals surface area contributed by atoms with Crippen LogP contribution < -0.4 is 4.74 Å². The van der Waals surface area contributed by atoms with Crippen molar-refractivity contribution in [1.82, 2.24) is 9.36 Å². The molecule has 0 atom stereocenters. The highest BCUT2D eigenvalue weighted by molar-refractivity contribution is 7.07. The molecular weight excluding hydrogens is 313 g/mol. The van der Waals surface area contributed by atoms with Crippen LogP contribution in [0.1, 0.15) is 30.1 Å². The highest BCUT2D eigenvalue weighted by Crippen LogP contribution is 2.41. The van der Waals surface area contributed by atoms with Gasteiger partial charge in [0.15, 0.2) is 0 Å². The van der Waals surface area contributed by atoms with Crippen LogP contribution in [0, 0.1) is 0 Å². The maximum Gasteiger partial charge on any atom is 0.416 e. The van der Waals surface area contributed by atoms with Gasteiger partial charge in [-0.3, -0.25) is 0 Å². The quantitative estimate of drug-likeness (QED) is 0.808. The fourth-order valence-electron chi connectivity index (χ4n) is 1.62. The van der Waals surface area contributed by atoms with E-state index >= 15 is 0 Å². The fraction of sp³-hybridized carbons (Fsp3) is 0.333. The SMILES string of the molecule is FC(F)(F)c1ccc(Cl)c(Oc2nc(C3CC3)ns2)c1. The molecule has 106 valence electrons. The summed E-state index contributed by atoms with van der Waals surface area (Å²) in [6, 6.07) is 2.92. The first kappa shape index (κ1) is 13.6. The maximum absolute atomic E-state index is 12.6. The normalized spacial score (nSPS) is 15.4. The Bertz CT molecular complexity index is 640. The van der Waals surface area contributed by atoms with Crippen LogP contribution in [0.5, 0.6) is 10.9 Å². The number of ether oxygens (including phenoxy) is 1. The minimum Gasteiger partial charge on any atom is -0.428 e. The minimum absolute atomic E-state index is 0.0695. The van der Waals surface area contributed by atoms with Crippen LogP contribution in [0.4, 0.5) is 13.2 Å². The summed E-state index contributed by atoms with van der Waals surface area (Å²) in [5, 5.41) is 0.300. The maximum atomic E-state index is 12.6. The Morgan fingerprint density at radius 2 is 2.05 bits per heavy atom. The lowest BCUT2D eigenvalue weighted by atomic mass is 10.2. The summed E-state index contributed by atoms with van der Waals surface area (Å²) in [5.41, 5.74) is -0.816. The van der Waals surface area contributed by atoms with Crippen LogP contribution in [-0.4, -0.2) is 9.36 Å². The van der Waals surface area contributed by atoms with E-state index in [4.69, 9.17) is 16.3 Å². The number of benzene rings is 1. The molecular formula is C12H8ClF3N2OS. The first-order chi connectivity index (χ1) is 9.43. The highest BCUT2D eigenvalue weighted by Gasteiger charge is 2.32. The van der Waals surface area contributed by atoms with Gasteiger partial charge in [0.2, 0.25) is 0 Å². The van der Waals surface area contributed by atoms with E-state index < -0.39 is 11.7 Å². The van der Waals surface area contributed by atoms with E-state index in [1.807, 2.05) is 0 Å². The van der Waals surface area contributed by atoms with Crippen molar-refractivity contribution in [1.29, 1.82) is 0 Å². The van der Waals surface area contributed by atoms with E-state index in [1.165, 1.54) is 0 Å². The van der Waals surface area contributed by atoms with E-state index in [9.17, 15) is 13.2 Å². The molecule has 0 unspecified atom stereocenters. The lowest BCUT2D eigenvalue weighted by Gasteiger charge is -2.09. The molecule has 0 bridgehead atoms. The van der Waals surface area contributed by atoms with Crippen LogP contribution in [0.25, 0.3) is 0 Å². The summed E-state index contributed by atoms with van der Waals surface area (Å²) >= 11 is 6.85. The molecule has 0 spiro atoms. The number of rotatable bonds is 3. The van der Waals surface area contributed by atoms with E-state index in [2.05, 4.69) is 9.36 Å². The Balaban J connectivity index is 1.85. The third-order valence-electron chi connectivity index (χ3n) is 2.82. The largest absolute Gasteiger partial charge is 0.428 e. The molecule has 0 saturated heterocycles. The van der Waals surface area contributed by atoms with Crippen molar-refractivity contribution < 1.29 is 17.9 Å². The summed E-state index contributed by atoms with van der Waals surface area (Å²) < 4.78 is 47.3. The van der Waals surface area contributed by atoms with E-state index in [0.29, 0.717) is 11.7 Å². The van der Waals surface area contributed by atoms with Crippen molar-refractivity contribution in [3.63, 3.8) is 0 Å². The average Bonchev–Trinajstić information content (AvgIpc) is 3.12. The van der Waals surface area contributed by atoms with Crippen LogP contribution in [0.3, 0.4) is 0 Å². The lowest BCUT2D eigenvalue weighted by molar-refractivity contribution is -0.137. The number of halogens is 4. The molecule has 1 heterocycles. The monoisotopic (exact) mass is 320 g/mol. The highest BCUT2D eigenvalue weighted by atomic mass is 35.5. The van der Waals surface area contributed by atoms with E-state index in [0.717, 1.165) is 42.6 Å². The van der Waals surface area contributed by atoms with Gasteiger partial charge in [0.25, 0.3) is 5.19 Å². The first-order valence-electron chi connectivity index (χ1n) is 5.81. The molecule has 0 amide bonds. The van der Waals surface area contributed by atoms with Gasteiger partial charge in [-0.2, -0.15) is 22.5 Å². The van der Waals surface area contributed by atoms with Gasteiger partial charge >= 0.3 is 6.18 Å². The molecule has 1 aliphatic carbocycles. The number of hydrogen-bond donors (Lipinski definition) is 0. The van der Waals surface area contributed by atoms with Gasteiger partial charge in [-0.05, 0) is 31.0 Å². The molecule has 1 aliphatic rings. The van der Waals surface area contributed by atoms with Crippen LogP contribution in [0.15, 0.2) is 18.2 Å². The van der Waals surface area contributed by atoms with Crippen molar-refractivity contribution in [2.75, 3.05) is 0 Å². The third kappa shape index (κ3) is 2.88. The molecule has 2 aromatic rings. The van der Waals surface area contributed by atoms with E-state index in [-0.39, 0.29) is 16.0 Å². The zero-order valence-corrected chi connectivity index (χ0v) is 11.5. The molecule has 0 radical (unpaired) electrons. The van der Waals surface area contributed by atoms with Crippen molar-refractivity contribution in [3.05, 3.63) is 34.6 Å². The summed E-state index contributed by atoms with van der Waals surface area (Å²) in [5.74, 6) is 0.980. The van der Waals surface area contributed by atoms with Crippen molar-refractivity contribution in [2.45, 2.75) is 24.9 Å². The lowest BCUT2D eigenvalue weighted by Crippen LogP contribution is -2.04. The van der Waals surface area contributed by atoms with Gasteiger partial charge in [-0.1, -0.05) is 11.6 Å². The first-order valence-corrected chi connectivity index (χ1v) is 6.97. The number of aromatic nitrogens is 2. The Kier molecular flexibility index (Phi) is 3.33. The smallest absolute Gasteiger partial charge is 0.416 e. The number of hydrogen-bond acceptors (Lipinski definition) is 4. The van der Waals surface area contributed by atoms with Gasteiger partial charge in [-0.15, -0.1) is 0 Å². The third-order valence-corrected chi connectivity index (χ3v) is 3.74. The van der Waals surface area contributed by atoms with Crippen LogP contribution in [-0.2, 0) is 6.18 Å². The predicted molar refractivity (Wildman–Crippen MR) is 68.4 cm³/mol. The Morgan fingerprint density at radius 1 is 1.30 bits per heavy atom. The Labute approximate surface area is 121 Å². The average molecular weight is 321 g/mol. The molecule has 1 saturated carbocycles. The molecule has 1 aromatic heterocycles. The predicted octanol–water partition coefficient (Wildman–Crippen LogP) is 4.88. The second-order valence-corrected chi connectivity index (χ2v) is 5.56. The van der Waals surface area contributed by atoms with Crippen molar-refractivity contribution >= 4 is 23.1 Å². The van der Waals surface area contributed by atoms with Gasteiger partial charge in [0, 0.05) is 17.5 Å². The molecule has 8 heteroatoms. The molecule has 3 rings (SSSR count). The molecule has 0 aliphatic heterocycles. The second-order valence-electron chi connectivity index (χ2n) is 4.44. The number of nitrogens with zero attached hydrogens (tertiary/aromatic N) is 2. The zero-order chi connectivity index (χ0) is 14.3. The molecule has 0 N–H and O–H groups in total. The van der Waals surface area contributed by atoms with Crippen molar-refractivity contribution in [3.8, 4) is 10.9 Å². The topological polar surface area (TPSA) is 35.0 Å². The number of alkyl halides is 3. The van der Waals surface area contributed by atoms with Crippen molar-refractivity contribution in [2.24, 2.45) is 0 Å². The Morgan fingerprint density at radius 3 is 2.70 bits per heavy atom. The van der Waals surface area contributed by atoms with Gasteiger partial charge in [0.1, 0.15) is 11.6 Å². The van der Waals surface area contributed by atoms with E-state index in [1.54, 1.807) is 0 Å². The summed E-state index contributed by atoms with van der Waals surface area (Å²) in [4.78, 5) is 4.15. The van der Waals surface area contributed by atoms with Gasteiger partial charge in [0.05, 0.1) is 10.6 Å². The zero-order valence-electron chi connectivity index (χ0n) is 9.95. The second kappa shape index (κ2) is 4.89. The summed E-state index contributed by atoms with van der Waals surface area (Å²) in [6.45, 7) is 0. The minimum atomic E-state index is -4.44. The summed E-state index contributed by atoms with van der Waals surface area (Å²) in [7, 11) is 0. The standard InChI is InChI=1S/C12H8ClF3N2OS/c13-8-4-3-7(12(14,15)16)5-9(8)19-11-17-10(18-20-11)6-1-2-6/h3-6H,1-2H2. The van der Waals surface area contributed by atoms with Gasteiger partial charge < -0.3 is 4.74 Å². The molecule has 1 fully saturated rings. The fourth-order valence-corrected chi connectivity index (χ4v) is 2.40. The van der Waals surface area contributed by atoms with Crippen LogP contribution >= 0.6 is 23.1 Å². The van der Waals surface area contributed by atoms with Gasteiger partial charge in [-0.25, -0.2) is 0 Å². The van der Waals surface area contributed by atoms with Crippen LogP contribution in [0.2, 0.25) is 5.02 Å². The molecule has 3 nitrogen and oxygen atoms in total.